The van der Waals surface area contributed by atoms with Gasteiger partial charge in [0.1, 0.15) is 4.90 Å². The van der Waals surface area contributed by atoms with Crippen LogP contribution in [0.5, 0.6) is 0 Å². The summed E-state index contributed by atoms with van der Waals surface area (Å²) in [6.45, 7) is 6.37. The molecule has 0 aromatic carbocycles. The van der Waals surface area contributed by atoms with Crippen LogP contribution in [-0.4, -0.2) is 21.5 Å². The highest BCUT2D eigenvalue weighted by molar-refractivity contribution is 7.89. The molecule has 6 heteroatoms. The Morgan fingerprint density at radius 3 is 2.67 bits per heavy atom. The Balaban J connectivity index is 3.00. The molecule has 0 aliphatic heterocycles. The quantitative estimate of drug-likeness (QED) is 0.809. The fourth-order valence-electron chi connectivity index (χ4n) is 1.95. The van der Waals surface area contributed by atoms with Crippen molar-refractivity contribution in [2.75, 3.05) is 7.05 Å². The predicted molar refractivity (Wildman–Crippen MR) is 76.5 cm³/mol. The molecule has 1 aromatic heterocycles. The summed E-state index contributed by atoms with van der Waals surface area (Å²) in [5.74, 6) is 0. The van der Waals surface area contributed by atoms with Crippen LogP contribution in [0.4, 0.5) is 0 Å². The predicted octanol–water partition coefficient (Wildman–Crippen LogP) is 2.24. The van der Waals surface area contributed by atoms with Gasteiger partial charge in [-0.15, -0.1) is 11.3 Å². The van der Waals surface area contributed by atoms with E-state index >= 15 is 0 Å². The average molecular weight is 290 g/mol. The third-order valence-corrected chi connectivity index (χ3v) is 5.73. The monoisotopic (exact) mass is 290 g/mol. The van der Waals surface area contributed by atoms with Crippen LogP contribution in [0.1, 0.15) is 37.1 Å². The van der Waals surface area contributed by atoms with E-state index in [9.17, 15) is 8.42 Å². The summed E-state index contributed by atoms with van der Waals surface area (Å²) >= 11 is 1.49. The largest absolute Gasteiger partial charge is 0.315 e. The molecule has 0 fully saturated rings. The van der Waals surface area contributed by atoms with Gasteiger partial charge in [-0.25, -0.2) is 13.1 Å². The van der Waals surface area contributed by atoms with Crippen LogP contribution in [0.3, 0.4) is 0 Å². The molecule has 104 valence electrons. The van der Waals surface area contributed by atoms with Gasteiger partial charge in [0.2, 0.25) is 10.0 Å². The van der Waals surface area contributed by atoms with Crippen molar-refractivity contribution in [2.24, 2.45) is 0 Å². The second kappa shape index (κ2) is 6.65. The second-order valence-corrected chi connectivity index (χ2v) is 7.13. The standard InChI is InChI=1S/C12H22N2O2S2/c1-5-6-10(3)14-18(15,16)12-9(2)8-17-11(12)7-13-4/h8,10,13-14H,5-7H2,1-4H3. The maximum absolute atomic E-state index is 12.4. The van der Waals surface area contributed by atoms with Crippen LogP contribution in [0.25, 0.3) is 0 Å². The summed E-state index contributed by atoms with van der Waals surface area (Å²) in [5, 5.41) is 4.90. The van der Waals surface area contributed by atoms with Crippen LogP contribution in [-0.2, 0) is 16.6 Å². The first kappa shape index (κ1) is 15.6. The molecule has 0 amide bonds. The van der Waals surface area contributed by atoms with E-state index in [1.54, 1.807) is 0 Å². The van der Waals surface area contributed by atoms with Crippen LogP contribution in [0, 0.1) is 6.92 Å². The van der Waals surface area contributed by atoms with E-state index < -0.39 is 10.0 Å². The van der Waals surface area contributed by atoms with E-state index in [1.165, 1.54) is 11.3 Å². The van der Waals surface area contributed by atoms with Gasteiger partial charge in [0.05, 0.1) is 0 Å². The highest BCUT2D eigenvalue weighted by Gasteiger charge is 2.24. The van der Waals surface area contributed by atoms with Gasteiger partial charge < -0.3 is 5.32 Å². The van der Waals surface area contributed by atoms with Gasteiger partial charge in [-0.05, 0) is 38.3 Å². The molecule has 1 atom stereocenters. The van der Waals surface area contributed by atoms with Crippen LogP contribution in [0.2, 0.25) is 0 Å². The fraction of sp³-hybridized carbons (Fsp3) is 0.667. The first-order valence-corrected chi connectivity index (χ1v) is 8.52. The van der Waals surface area contributed by atoms with Crippen molar-refractivity contribution in [1.82, 2.24) is 10.0 Å². The lowest BCUT2D eigenvalue weighted by Crippen LogP contribution is -2.33. The van der Waals surface area contributed by atoms with Crippen LogP contribution in [0.15, 0.2) is 10.3 Å². The molecule has 1 aromatic rings. The molecule has 18 heavy (non-hydrogen) atoms. The number of hydrogen-bond acceptors (Lipinski definition) is 4. The van der Waals surface area contributed by atoms with Crippen molar-refractivity contribution in [3.05, 3.63) is 15.8 Å². The van der Waals surface area contributed by atoms with Crippen molar-refractivity contribution in [3.8, 4) is 0 Å². The number of rotatable bonds is 7. The molecule has 2 N–H and O–H groups in total. The van der Waals surface area contributed by atoms with E-state index in [1.807, 2.05) is 33.2 Å². The molecule has 4 nitrogen and oxygen atoms in total. The van der Waals surface area contributed by atoms with Gasteiger partial charge in [-0.3, -0.25) is 0 Å². The molecule has 0 bridgehead atoms. The molecule has 0 radical (unpaired) electrons. The molecule has 0 saturated carbocycles. The third-order valence-electron chi connectivity index (χ3n) is 2.67. The van der Waals surface area contributed by atoms with E-state index in [4.69, 9.17) is 0 Å². The smallest absolute Gasteiger partial charge is 0.242 e. The Morgan fingerprint density at radius 2 is 2.11 bits per heavy atom. The molecule has 1 rings (SSSR count). The zero-order valence-electron chi connectivity index (χ0n) is 11.4. The number of aryl methyl sites for hydroxylation is 1. The van der Waals surface area contributed by atoms with Crippen LogP contribution < -0.4 is 10.0 Å². The number of hydrogen-bond donors (Lipinski definition) is 2. The topological polar surface area (TPSA) is 58.2 Å². The Morgan fingerprint density at radius 1 is 1.44 bits per heavy atom. The molecule has 0 aliphatic carbocycles. The molecule has 0 aliphatic rings. The number of nitrogens with one attached hydrogen (secondary N) is 2. The minimum absolute atomic E-state index is 0.0262. The van der Waals surface area contributed by atoms with E-state index in [0.29, 0.717) is 11.4 Å². The normalized spacial score (nSPS) is 13.8. The Labute approximate surface area is 114 Å². The third kappa shape index (κ3) is 3.78. The Bertz CT molecular complexity index is 480. The highest BCUT2D eigenvalue weighted by atomic mass is 32.2. The van der Waals surface area contributed by atoms with Gasteiger partial charge >= 0.3 is 0 Å². The van der Waals surface area contributed by atoms with Crippen molar-refractivity contribution in [3.63, 3.8) is 0 Å². The summed E-state index contributed by atoms with van der Waals surface area (Å²) in [6, 6.07) is -0.0262. The number of thiophene rings is 1. The lowest BCUT2D eigenvalue weighted by molar-refractivity contribution is 0.542. The van der Waals surface area contributed by atoms with Crippen molar-refractivity contribution >= 4 is 21.4 Å². The lowest BCUT2D eigenvalue weighted by Gasteiger charge is -2.14. The summed E-state index contributed by atoms with van der Waals surface area (Å²) in [5.41, 5.74) is 0.821. The highest BCUT2D eigenvalue weighted by Crippen LogP contribution is 2.27. The molecule has 1 heterocycles. The summed E-state index contributed by atoms with van der Waals surface area (Å²) in [4.78, 5) is 1.32. The van der Waals surface area contributed by atoms with Crippen molar-refractivity contribution in [1.29, 1.82) is 0 Å². The van der Waals surface area contributed by atoms with Crippen molar-refractivity contribution in [2.45, 2.75) is 51.1 Å². The Hall–Kier alpha value is -0.430. The molecule has 0 saturated heterocycles. The molecule has 0 spiro atoms. The molecule has 1 unspecified atom stereocenters. The van der Waals surface area contributed by atoms with E-state index in [2.05, 4.69) is 10.0 Å². The first-order valence-electron chi connectivity index (χ1n) is 6.16. The fourth-order valence-corrected chi connectivity index (χ4v) is 5.05. The zero-order valence-corrected chi connectivity index (χ0v) is 13.0. The second-order valence-electron chi connectivity index (χ2n) is 4.51. The van der Waals surface area contributed by atoms with Gasteiger partial charge in [-0.1, -0.05) is 13.3 Å². The van der Waals surface area contributed by atoms with Gasteiger partial charge in [0.15, 0.2) is 0 Å². The maximum Gasteiger partial charge on any atom is 0.242 e. The van der Waals surface area contributed by atoms with Gasteiger partial charge in [-0.2, -0.15) is 0 Å². The summed E-state index contributed by atoms with van der Waals surface area (Å²) < 4.78 is 27.5. The minimum Gasteiger partial charge on any atom is -0.315 e. The number of sulfonamides is 1. The van der Waals surface area contributed by atoms with E-state index in [-0.39, 0.29) is 6.04 Å². The summed E-state index contributed by atoms with van der Waals surface area (Å²) in [7, 11) is -1.58. The van der Waals surface area contributed by atoms with Gasteiger partial charge in [0, 0.05) is 17.5 Å². The maximum atomic E-state index is 12.4. The van der Waals surface area contributed by atoms with E-state index in [0.717, 1.165) is 23.3 Å². The zero-order chi connectivity index (χ0) is 13.8. The lowest BCUT2D eigenvalue weighted by atomic mass is 10.2. The Kier molecular flexibility index (Phi) is 5.78. The minimum atomic E-state index is -3.40. The van der Waals surface area contributed by atoms with Crippen LogP contribution >= 0.6 is 11.3 Å². The SMILES string of the molecule is CCCC(C)NS(=O)(=O)c1c(C)csc1CNC. The average Bonchev–Trinajstić information content (AvgIpc) is 2.60. The first-order chi connectivity index (χ1) is 8.42. The van der Waals surface area contributed by atoms with Gasteiger partial charge in [0.25, 0.3) is 0 Å². The molecular formula is C12H22N2O2S2. The van der Waals surface area contributed by atoms with Crippen molar-refractivity contribution < 1.29 is 8.42 Å². The summed E-state index contributed by atoms with van der Waals surface area (Å²) in [6.07, 6.45) is 1.82. The molecular weight excluding hydrogens is 268 g/mol.